The molecule has 0 fully saturated rings. The molecule has 0 aliphatic carbocycles. The van der Waals surface area contributed by atoms with Gasteiger partial charge in [-0.1, -0.05) is 17.7 Å². The second kappa shape index (κ2) is 4.55. The Balaban J connectivity index is 2.26. The lowest BCUT2D eigenvalue weighted by Crippen LogP contribution is -2.34. The maximum absolute atomic E-state index is 11.7. The Morgan fingerprint density at radius 3 is 2.53 bits per heavy atom. The molecule has 0 spiro atoms. The van der Waals surface area contributed by atoms with Crippen molar-refractivity contribution < 1.29 is 9.72 Å². The molecule has 1 aliphatic heterocycles. The molecule has 0 aromatic heterocycles. The number of hydrogen-bond donors (Lipinski definition) is 0. The molecule has 6 heteroatoms. The van der Waals surface area contributed by atoms with Crippen molar-refractivity contribution in [3.05, 3.63) is 45.5 Å². The molecular weight excluding hydrogens is 244 g/mol. The molecule has 0 radical (unpaired) electrons. The first-order valence-corrected chi connectivity index (χ1v) is 5.39. The molecule has 1 aromatic carbocycles. The van der Waals surface area contributed by atoms with Gasteiger partial charge in [0.2, 0.25) is 0 Å². The molecule has 0 bridgehead atoms. The molecule has 17 heavy (non-hydrogen) atoms. The first kappa shape index (κ1) is 11.6. The first-order chi connectivity index (χ1) is 8.09. The van der Waals surface area contributed by atoms with Crippen molar-refractivity contribution in [2.45, 2.75) is 6.42 Å². The van der Waals surface area contributed by atoms with Gasteiger partial charge >= 0.3 is 0 Å². The second-order valence-corrected chi connectivity index (χ2v) is 3.98. The second-order valence-electron chi connectivity index (χ2n) is 3.57. The van der Waals surface area contributed by atoms with Gasteiger partial charge in [-0.3, -0.25) is 14.9 Å². The van der Waals surface area contributed by atoms with E-state index in [-0.39, 0.29) is 16.6 Å². The Morgan fingerprint density at radius 2 is 1.94 bits per heavy atom. The molecule has 0 saturated carbocycles. The van der Waals surface area contributed by atoms with Crippen LogP contribution in [-0.4, -0.2) is 17.4 Å². The SMILES string of the molecule is O=C1C(Cl)=CCCN1c1ccc([N+](=O)[O-])cc1. The quantitative estimate of drug-likeness (QED) is 0.600. The van der Waals surface area contributed by atoms with Crippen molar-refractivity contribution in [1.29, 1.82) is 0 Å². The topological polar surface area (TPSA) is 63.5 Å². The van der Waals surface area contributed by atoms with Crippen molar-refractivity contribution in [2.75, 3.05) is 11.4 Å². The van der Waals surface area contributed by atoms with Crippen LogP contribution in [0.15, 0.2) is 35.4 Å². The Morgan fingerprint density at radius 1 is 1.29 bits per heavy atom. The number of hydrogen-bond acceptors (Lipinski definition) is 3. The van der Waals surface area contributed by atoms with Crippen LogP contribution in [0.3, 0.4) is 0 Å². The average molecular weight is 253 g/mol. The minimum Gasteiger partial charge on any atom is -0.307 e. The van der Waals surface area contributed by atoms with Crippen molar-refractivity contribution in [3.63, 3.8) is 0 Å². The van der Waals surface area contributed by atoms with Crippen molar-refractivity contribution in [1.82, 2.24) is 0 Å². The fourth-order valence-corrected chi connectivity index (χ4v) is 1.85. The minimum absolute atomic E-state index is 0.000141. The summed E-state index contributed by atoms with van der Waals surface area (Å²) in [6.45, 7) is 0.535. The van der Waals surface area contributed by atoms with E-state index in [2.05, 4.69) is 0 Å². The van der Waals surface area contributed by atoms with Crippen LogP contribution >= 0.6 is 11.6 Å². The lowest BCUT2D eigenvalue weighted by atomic mass is 10.2. The van der Waals surface area contributed by atoms with E-state index in [1.165, 1.54) is 17.0 Å². The van der Waals surface area contributed by atoms with Crippen LogP contribution < -0.4 is 4.90 Å². The number of nitrogens with zero attached hydrogens (tertiary/aromatic N) is 2. The fourth-order valence-electron chi connectivity index (χ4n) is 1.64. The van der Waals surface area contributed by atoms with Crippen LogP contribution in [0.1, 0.15) is 6.42 Å². The number of rotatable bonds is 2. The van der Waals surface area contributed by atoms with Crippen LogP contribution in [0, 0.1) is 10.1 Å². The van der Waals surface area contributed by atoms with Gasteiger partial charge in [-0.2, -0.15) is 0 Å². The van der Waals surface area contributed by atoms with Gasteiger partial charge in [-0.15, -0.1) is 0 Å². The maximum atomic E-state index is 11.7. The number of benzene rings is 1. The first-order valence-electron chi connectivity index (χ1n) is 5.01. The molecule has 2 rings (SSSR count). The Kier molecular flexibility index (Phi) is 3.10. The van der Waals surface area contributed by atoms with E-state index in [4.69, 9.17) is 11.6 Å². The molecule has 0 saturated heterocycles. The largest absolute Gasteiger partial charge is 0.307 e. The number of carbonyl (C=O) groups is 1. The number of nitro benzene ring substituents is 1. The molecule has 0 N–H and O–H groups in total. The van der Waals surface area contributed by atoms with E-state index >= 15 is 0 Å². The van der Waals surface area contributed by atoms with E-state index in [1.807, 2.05) is 0 Å². The zero-order valence-electron chi connectivity index (χ0n) is 8.80. The minimum atomic E-state index is -0.477. The molecule has 88 valence electrons. The average Bonchev–Trinajstić information content (AvgIpc) is 2.33. The van der Waals surface area contributed by atoms with E-state index < -0.39 is 4.92 Å². The smallest absolute Gasteiger partial charge is 0.269 e. The van der Waals surface area contributed by atoms with Crippen molar-refractivity contribution in [3.8, 4) is 0 Å². The number of halogens is 1. The van der Waals surface area contributed by atoms with Crippen LogP contribution in [0.2, 0.25) is 0 Å². The number of non-ortho nitro benzene ring substituents is 1. The summed E-state index contributed by atoms with van der Waals surface area (Å²) in [6, 6.07) is 5.83. The van der Waals surface area contributed by atoms with Gasteiger partial charge in [0, 0.05) is 24.4 Å². The lowest BCUT2D eigenvalue weighted by Gasteiger charge is -2.24. The predicted molar refractivity (Wildman–Crippen MR) is 64.0 cm³/mol. The predicted octanol–water partition coefficient (Wildman–Crippen LogP) is 2.45. The standard InChI is InChI=1S/C11H9ClN2O3/c12-10-2-1-7-13(11(10)15)8-3-5-9(6-4-8)14(16)17/h2-6H,1,7H2. The van der Waals surface area contributed by atoms with Gasteiger partial charge in [0.25, 0.3) is 11.6 Å². The van der Waals surface area contributed by atoms with Crippen molar-refractivity contribution >= 4 is 28.9 Å². The van der Waals surface area contributed by atoms with Gasteiger partial charge in [0.1, 0.15) is 5.03 Å². The highest BCUT2D eigenvalue weighted by molar-refractivity contribution is 6.44. The number of anilines is 1. The van der Waals surface area contributed by atoms with Crippen LogP contribution in [0.25, 0.3) is 0 Å². The van der Waals surface area contributed by atoms with Gasteiger partial charge in [0.15, 0.2) is 0 Å². The van der Waals surface area contributed by atoms with Crippen LogP contribution in [-0.2, 0) is 4.79 Å². The third-order valence-corrected chi connectivity index (χ3v) is 2.81. The Bertz CT molecular complexity index is 496. The third-order valence-electron chi connectivity index (χ3n) is 2.50. The van der Waals surface area contributed by atoms with Gasteiger partial charge in [-0.25, -0.2) is 0 Å². The summed E-state index contributed by atoms with van der Waals surface area (Å²) in [5.74, 6) is -0.272. The molecule has 1 amide bonds. The summed E-state index contributed by atoms with van der Waals surface area (Å²) < 4.78 is 0. The van der Waals surface area contributed by atoms with Gasteiger partial charge < -0.3 is 4.90 Å². The molecule has 5 nitrogen and oxygen atoms in total. The number of nitro groups is 1. The number of carbonyl (C=O) groups excluding carboxylic acids is 1. The zero-order chi connectivity index (χ0) is 12.4. The third kappa shape index (κ3) is 2.29. The van der Waals surface area contributed by atoms with Crippen LogP contribution in [0.4, 0.5) is 11.4 Å². The molecule has 1 aliphatic rings. The van der Waals surface area contributed by atoms with Gasteiger partial charge in [-0.05, 0) is 18.6 Å². The monoisotopic (exact) mass is 252 g/mol. The van der Waals surface area contributed by atoms with E-state index in [1.54, 1.807) is 18.2 Å². The summed E-state index contributed by atoms with van der Waals surface area (Å²) >= 11 is 5.76. The molecule has 1 heterocycles. The van der Waals surface area contributed by atoms with Crippen molar-refractivity contribution in [2.24, 2.45) is 0 Å². The molecule has 1 aromatic rings. The summed E-state index contributed by atoms with van der Waals surface area (Å²) in [5.41, 5.74) is 0.617. The lowest BCUT2D eigenvalue weighted by molar-refractivity contribution is -0.384. The summed E-state index contributed by atoms with van der Waals surface area (Å²) in [4.78, 5) is 23.3. The normalized spacial score (nSPS) is 15.7. The van der Waals surface area contributed by atoms with Crippen LogP contribution in [0.5, 0.6) is 0 Å². The summed E-state index contributed by atoms with van der Waals surface area (Å²) in [6.07, 6.45) is 2.35. The highest BCUT2D eigenvalue weighted by Crippen LogP contribution is 2.24. The molecule has 0 unspecified atom stereocenters. The summed E-state index contributed by atoms with van der Waals surface area (Å²) in [5, 5.41) is 10.7. The molecular formula is C11H9ClN2O3. The number of amides is 1. The highest BCUT2D eigenvalue weighted by Gasteiger charge is 2.22. The Hall–Kier alpha value is -1.88. The van der Waals surface area contributed by atoms with E-state index in [0.29, 0.717) is 18.7 Å². The van der Waals surface area contributed by atoms with E-state index in [9.17, 15) is 14.9 Å². The summed E-state index contributed by atoms with van der Waals surface area (Å²) in [7, 11) is 0. The van der Waals surface area contributed by atoms with E-state index in [0.717, 1.165) is 0 Å². The molecule has 0 atom stereocenters. The van der Waals surface area contributed by atoms with Gasteiger partial charge in [0.05, 0.1) is 4.92 Å². The fraction of sp³-hybridized carbons (Fsp3) is 0.182. The highest BCUT2D eigenvalue weighted by atomic mass is 35.5. The zero-order valence-corrected chi connectivity index (χ0v) is 9.55. The maximum Gasteiger partial charge on any atom is 0.269 e. The Labute approximate surface area is 102 Å².